The normalized spacial score (nSPS) is 12.8. The maximum atomic E-state index is 5.65. The molecule has 0 saturated carbocycles. The summed E-state index contributed by atoms with van der Waals surface area (Å²) in [5.74, 6) is 0.466. The molecule has 13 heavy (non-hydrogen) atoms. The molecule has 0 aliphatic heterocycles. The van der Waals surface area contributed by atoms with E-state index in [1.165, 1.54) is 0 Å². The monoisotopic (exact) mass is 182 g/mol. The molecule has 0 amide bonds. The van der Waals surface area contributed by atoms with E-state index in [4.69, 9.17) is 5.73 Å². The zero-order valence-electron chi connectivity index (χ0n) is 8.30. The van der Waals surface area contributed by atoms with Crippen molar-refractivity contribution >= 4 is 6.21 Å². The Morgan fingerprint density at radius 1 is 1.54 bits per heavy atom. The summed E-state index contributed by atoms with van der Waals surface area (Å²) in [5.41, 5.74) is 6.42. The molecule has 0 saturated heterocycles. The van der Waals surface area contributed by atoms with Gasteiger partial charge in [-0.15, -0.1) is 0 Å². The van der Waals surface area contributed by atoms with E-state index in [1.54, 1.807) is 12.3 Å². The molecular weight excluding hydrogens is 164 g/mol. The molecule has 0 unspecified atom stereocenters. The van der Waals surface area contributed by atoms with E-state index in [1.807, 2.05) is 14.0 Å². The highest BCUT2D eigenvalue weighted by Gasteiger charge is 1.95. The number of likely N-dealkylation sites (N-methyl/N-ethyl adjacent to an activating group) is 1. The molecule has 0 heterocycles. The van der Waals surface area contributed by atoms with Crippen LogP contribution >= 0.6 is 0 Å². The maximum absolute atomic E-state index is 5.65. The van der Waals surface area contributed by atoms with E-state index in [2.05, 4.69) is 22.2 Å². The standard InChI is InChI=1S/C9H18N4/c1-4-8(9(10)12-5-2)13-7-6-11-3/h4-5,11,13H,1,6-7,10H2,2-3H3/b9-8+,12-5-. The number of hydrogen-bond donors (Lipinski definition) is 3. The third-order valence-corrected chi connectivity index (χ3v) is 1.44. The second-order valence-electron chi connectivity index (χ2n) is 2.42. The summed E-state index contributed by atoms with van der Waals surface area (Å²) in [4.78, 5) is 3.95. The predicted molar refractivity (Wildman–Crippen MR) is 57.5 cm³/mol. The molecule has 0 bridgehead atoms. The number of allylic oxidation sites excluding steroid dienone is 1. The highest BCUT2D eigenvalue weighted by atomic mass is 15.0. The summed E-state index contributed by atoms with van der Waals surface area (Å²) in [5, 5.41) is 6.13. The zero-order chi connectivity index (χ0) is 10.1. The van der Waals surface area contributed by atoms with Crippen LogP contribution in [0.2, 0.25) is 0 Å². The van der Waals surface area contributed by atoms with Crippen molar-refractivity contribution < 1.29 is 0 Å². The molecular formula is C9H18N4. The number of nitrogens with one attached hydrogen (secondary N) is 2. The van der Waals surface area contributed by atoms with Crippen LogP contribution in [0.25, 0.3) is 0 Å². The van der Waals surface area contributed by atoms with Crippen molar-refractivity contribution in [1.29, 1.82) is 0 Å². The van der Waals surface area contributed by atoms with Gasteiger partial charge in [-0.3, -0.25) is 0 Å². The zero-order valence-corrected chi connectivity index (χ0v) is 8.30. The van der Waals surface area contributed by atoms with Crippen LogP contribution in [0.1, 0.15) is 6.92 Å². The van der Waals surface area contributed by atoms with Crippen LogP contribution in [-0.4, -0.2) is 26.4 Å². The van der Waals surface area contributed by atoms with Gasteiger partial charge in [-0.25, -0.2) is 4.99 Å². The molecule has 4 N–H and O–H groups in total. The largest absolute Gasteiger partial charge is 0.382 e. The van der Waals surface area contributed by atoms with E-state index in [0.717, 1.165) is 18.8 Å². The van der Waals surface area contributed by atoms with Crippen molar-refractivity contribution in [2.24, 2.45) is 10.7 Å². The van der Waals surface area contributed by atoms with Gasteiger partial charge in [0.25, 0.3) is 0 Å². The van der Waals surface area contributed by atoms with Crippen LogP contribution < -0.4 is 16.4 Å². The highest BCUT2D eigenvalue weighted by Crippen LogP contribution is 1.96. The summed E-state index contributed by atoms with van der Waals surface area (Å²) in [7, 11) is 1.90. The molecule has 0 aliphatic rings. The Morgan fingerprint density at radius 3 is 2.69 bits per heavy atom. The van der Waals surface area contributed by atoms with E-state index in [9.17, 15) is 0 Å². The lowest BCUT2D eigenvalue weighted by Gasteiger charge is -2.07. The Kier molecular flexibility index (Phi) is 6.63. The summed E-state index contributed by atoms with van der Waals surface area (Å²) >= 11 is 0. The fraction of sp³-hybridized carbons (Fsp3) is 0.444. The van der Waals surface area contributed by atoms with Gasteiger partial charge in [0.05, 0.1) is 5.70 Å². The van der Waals surface area contributed by atoms with Gasteiger partial charge in [-0.2, -0.15) is 0 Å². The van der Waals surface area contributed by atoms with Gasteiger partial charge in [0, 0.05) is 19.3 Å². The van der Waals surface area contributed by atoms with E-state index < -0.39 is 0 Å². The van der Waals surface area contributed by atoms with Gasteiger partial charge < -0.3 is 16.4 Å². The number of hydrogen-bond acceptors (Lipinski definition) is 4. The topological polar surface area (TPSA) is 62.4 Å². The van der Waals surface area contributed by atoms with Crippen molar-refractivity contribution in [3.8, 4) is 0 Å². The van der Waals surface area contributed by atoms with Gasteiger partial charge in [0.15, 0.2) is 0 Å². The van der Waals surface area contributed by atoms with Crippen molar-refractivity contribution in [2.45, 2.75) is 6.92 Å². The maximum Gasteiger partial charge on any atom is 0.146 e. The smallest absolute Gasteiger partial charge is 0.146 e. The number of aliphatic imine (C=N–C) groups is 1. The average molecular weight is 182 g/mol. The lowest BCUT2D eigenvalue weighted by molar-refractivity contribution is 0.720. The van der Waals surface area contributed by atoms with Crippen molar-refractivity contribution in [3.63, 3.8) is 0 Å². The second kappa shape index (κ2) is 7.36. The summed E-state index contributed by atoms with van der Waals surface area (Å²) in [6.07, 6.45) is 3.32. The Morgan fingerprint density at radius 2 is 2.23 bits per heavy atom. The molecule has 0 spiro atoms. The first kappa shape index (κ1) is 11.7. The fourth-order valence-electron chi connectivity index (χ4n) is 0.798. The van der Waals surface area contributed by atoms with Crippen LogP contribution in [0, 0.1) is 0 Å². The van der Waals surface area contributed by atoms with Crippen LogP contribution in [0.15, 0.2) is 29.2 Å². The Balaban J connectivity index is 4.15. The van der Waals surface area contributed by atoms with Crippen LogP contribution in [0.4, 0.5) is 0 Å². The van der Waals surface area contributed by atoms with Gasteiger partial charge in [-0.05, 0) is 20.0 Å². The molecule has 0 aromatic rings. The summed E-state index contributed by atoms with van der Waals surface area (Å²) < 4.78 is 0. The SMILES string of the molecule is C=C/C(NCCNC)=C(N)\N=C/C. The lowest BCUT2D eigenvalue weighted by Crippen LogP contribution is -2.25. The van der Waals surface area contributed by atoms with Gasteiger partial charge in [0.2, 0.25) is 0 Å². The number of nitrogens with two attached hydrogens (primary N) is 1. The van der Waals surface area contributed by atoms with Crippen molar-refractivity contribution in [2.75, 3.05) is 20.1 Å². The molecule has 0 atom stereocenters. The van der Waals surface area contributed by atoms with Gasteiger partial charge in [0.1, 0.15) is 5.82 Å². The minimum Gasteiger partial charge on any atom is -0.382 e. The van der Waals surface area contributed by atoms with Gasteiger partial charge >= 0.3 is 0 Å². The third-order valence-electron chi connectivity index (χ3n) is 1.44. The van der Waals surface area contributed by atoms with E-state index in [-0.39, 0.29) is 0 Å². The first-order chi connectivity index (χ1) is 6.26. The van der Waals surface area contributed by atoms with Gasteiger partial charge in [-0.1, -0.05) is 6.58 Å². The first-order valence-corrected chi connectivity index (χ1v) is 4.25. The van der Waals surface area contributed by atoms with E-state index >= 15 is 0 Å². The molecule has 0 fully saturated rings. The van der Waals surface area contributed by atoms with Crippen LogP contribution in [0.5, 0.6) is 0 Å². The number of nitrogens with zero attached hydrogens (tertiary/aromatic N) is 1. The average Bonchev–Trinajstić information content (AvgIpc) is 2.13. The molecule has 0 aromatic heterocycles. The Bertz CT molecular complexity index is 206. The molecule has 0 aromatic carbocycles. The summed E-state index contributed by atoms with van der Waals surface area (Å²) in [6.45, 7) is 7.15. The molecule has 4 heteroatoms. The second-order valence-corrected chi connectivity index (χ2v) is 2.42. The molecule has 74 valence electrons. The van der Waals surface area contributed by atoms with Crippen molar-refractivity contribution in [1.82, 2.24) is 10.6 Å². The lowest BCUT2D eigenvalue weighted by atomic mass is 10.4. The quantitative estimate of drug-likeness (QED) is 0.312. The molecule has 4 nitrogen and oxygen atoms in total. The molecule has 0 aliphatic carbocycles. The van der Waals surface area contributed by atoms with Crippen molar-refractivity contribution in [3.05, 3.63) is 24.2 Å². The number of rotatable bonds is 6. The van der Waals surface area contributed by atoms with Crippen LogP contribution in [0.3, 0.4) is 0 Å². The third kappa shape index (κ3) is 5.03. The minimum atomic E-state index is 0.466. The highest BCUT2D eigenvalue weighted by molar-refractivity contribution is 5.55. The van der Waals surface area contributed by atoms with Crippen LogP contribution in [-0.2, 0) is 0 Å². The Labute approximate surface area is 79.6 Å². The van der Waals surface area contributed by atoms with E-state index in [0.29, 0.717) is 5.82 Å². The molecule has 0 rings (SSSR count). The minimum absolute atomic E-state index is 0.466. The Hall–Kier alpha value is -1.29. The fourth-order valence-corrected chi connectivity index (χ4v) is 0.798. The first-order valence-electron chi connectivity index (χ1n) is 4.25. The predicted octanol–water partition coefficient (Wildman–Crippen LogP) is 0.200. The summed E-state index contributed by atoms with van der Waals surface area (Å²) in [6, 6.07) is 0. The molecule has 0 radical (unpaired) electrons.